The van der Waals surface area contributed by atoms with Gasteiger partial charge in [0.2, 0.25) is 0 Å². The van der Waals surface area contributed by atoms with Crippen LogP contribution in [0.1, 0.15) is 36.8 Å². The molecule has 0 spiro atoms. The van der Waals surface area contributed by atoms with Gasteiger partial charge in [-0.25, -0.2) is 19.0 Å². The highest BCUT2D eigenvalue weighted by Gasteiger charge is 2.30. The molecule has 1 aromatic carbocycles. The first-order valence-corrected chi connectivity index (χ1v) is 11.9. The predicted molar refractivity (Wildman–Crippen MR) is 136 cm³/mol. The highest BCUT2D eigenvalue weighted by atomic mass is 35.5. The van der Waals surface area contributed by atoms with E-state index < -0.39 is 17.4 Å². The zero-order valence-corrected chi connectivity index (χ0v) is 21.6. The molecule has 1 fully saturated rings. The lowest BCUT2D eigenvalue weighted by Gasteiger charge is -2.37. The van der Waals surface area contributed by atoms with Crippen LogP contribution in [0.15, 0.2) is 30.5 Å². The Labute approximate surface area is 214 Å². The molecule has 0 atom stereocenters. The molecule has 36 heavy (non-hydrogen) atoms. The summed E-state index contributed by atoms with van der Waals surface area (Å²) in [6, 6.07) is 6.19. The van der Waals surface area contributed by atoms with Gasteiger partial charge in [-0.2, -0.15) is 0 Å². The van der Waals surface area contributed by atoms with Crippen LogP contribution in [-0.2, 0) is 9.47 Å². The molecule has 0 bridgehead atoms. The van der Waals surface area contributed by atoms with E-state index >= 15 is 0 Å². The Morgan fingerprint density at radius 1 is 1.11 bits per heavy atom. The van der Waals surface area contributed by atoms with Crippen molar-refractivity contribution in [3.8, 4) is 11.3 Å². The maximum Gasteiger partial charge on any atom is 0.410 e. The Bertz CT molecular complexity index is 1330. The third-order valence-corrected chi connectivity index (χ3v) is 6.26. The van der Waals surface area contributed by atoms with E-state index in [1.165, 1.54) is 13.2 Å². The normalized spacial score (nSPS) is 14.2. The number of carbonyl (C=O) groups excluding carboxylic acids is 2. The highest BCUT2D eigenvalue weighted by Crippen LogP contribution is 2.42. The van der Waals surface area contributed by atoms with Gasteiger partial charge in [0, 0.05) is 43.3 Å². The number of aromatic nitrogens is 2. The lowest BCUT2D eigenvalue weighted by Crippen LogP contribution is -2.50. The summed E-state index contributed by atoms with van der Waals surface area (Å²) in [6.45, 7) is 8.82. The van der Waals surface area contributed by atoms with E-state index in [4.69, 9.17) is 21.1 Å². The van der Waals surface area contributed by atoms with E-state index in [1.807, 2.05) is 25.7 Å². The topological polar surface area (TPSA) is 84.9 Å². The summed E-state index contributed by atoms with van der Waals surface area (Å²) in [5.74, 6) is -1.09. The molecular formula is C26H28ClFN4O4. The average Bonchev–Trinajstić information content (AvgIpc) is 2.83. The fourth-order valence-electron chi connectivity index (χ4n) is 4.20. The zero-order chi connectivity index (χ0) is 26.2. The van der Waals surface area contributed by atoms with Crippen LogP contribution in [0.3, 0.4) is 0 Å². The predicted octanol–water partition coefficient (Wildman–Crippen LogP) is 5.24. The number of amides is 1. The lowest BCUT2D eigenvalue weighted by molar-refractivity contribution is 0.0240. The van der Waals surface area contributed by atoms with Gasteiger partial charge in [0.1, 0.15) is 17.0 Å². The second-order valence-electron chi connectivity index (χ2n) is 9.53. The molecule has 1 aliphatic rings. The van der Waals surface area contributed by atoms with Crippen LogP contribution in [0.25, 0.3) is 22.2 Å². The molecule has 0 radical (unpaired) electrons. The largest absolute Gasteiger partial charge is 0.465 e. The quantitative estimate of drug-likeness (QED) is 0.442. The molecule has 3 heterocycles. The molecule has 1 saturated heterocycles. The summed E-state index contributed by atoms with van der Waals surface area (Å²) in [5.41, 5.74) is 1.34. The number of piperazine rings is 1. The summed E-state index contributed by atoms with van der Waals surface area (Å²) < 4.78 is 25.3. The van der Waals surface area contributed by atoms with Crippen molar-refractivity contribution < 1.29 is 23.5 Å². The van der Waals surface area contributed by atoms with Gasteiger partial charge in [0.25, 0.3) is 0 Å². The van der Waals surface area contributed by atoms with Crippen LogP contribution in [0.5, 0.6) is 0 Å². The lowest BCUT2D eigenvalue weighted by atomic mass is 10.0. The van der Waals surface area contributed by atoms with Gasteiger partial charge in [-0.1, -0.05) is 23.7 Å². The first-order valence-electron chi connectivity index (χ1n) is 11.6. The molecule has 2 aromatic heterocycles. The first-order chi connectivity index (χ1) is 17.0. The average molecular weight is 515 g/mol. The molecule has 0 unspecified atom stereocenters. The van der Waals surface area contributed by atoms with Gasteiger partial charge in [-0.3, -0.25) is 4.98 Å². The molecular weight excluding hydrogens is 487 g/mol. The number of methoxy groups -OCH3 is 1. The van der Waals surface area contributed by atoms with Crippen LogP contribution in [0, 0.1) is 12.7 Å². The van der Waals surface area contributed by atoms with Crippen LogP contribution < -0.4 is 4.90 Å². The van der Waals surface area contributed by atoms with Crippen molar-refractivity contribution in [2.45, 2.75) is 33.3 Å². The minimum Gasteiger partial charge on any atom is -0.465 e. The number of halogens is 2. The van der Waals surface area contributed by atoms with Crippen molar-refractivity contribution in [1.82, 2.24) is 14.9 Å². The number of esters is 1. The van der Waals surface area contributed by atoms with Crippen LogP contribution in [-0.4, -0.2) is 65.8 Å². The number of aryl methyl sites for hydroxylation is 1. The van der Waals surface area contributed by atoms with Gasteiger partial charge in [0.05, 0.1) is 34.7 Å². The Hall–Kier alpha value is -3.46. The molecule has 0 N–H and O–H groups in total. The van der Waals surface area contributed by atoms with Gasteiger partial charge >= 0.3 is 12.1 Å². The number of hydrogen-bond acceptors (Lipinski definition) is 7. The molecule has 1 amide bonds. The van der Waals surface area contributed by atoms with Crippen molar-refractivity contribution in [3.63, 3.8) is 0 Å². The van der Waals surface area contributed by atoms with E-state index in [0.717, 1.165) is 0 Å². The van der Waals surface area contributed by atoms with Crippen LogP contribution in [0.2, 0.25) is 5.02 Å². The second kappa shape index (κ2) is 9.89. The van der Waals surface area contributed by atoms with E-state index in [9.17, 15) is 14.0 Å². The van der Waals surface area contributed by atoms with Crippen molar-refractivity contribution in [2.24, 2.45) is 0 Å². The van der Waals surface area contributed by atoms with Crippen molar-refractivity contribution in [3.05, 3.63) is 52.6 Å². The SMILES string of the molecule is COC(=O)c1c(C)ncc2c(N3CCN(C(=O)OC(C)(C)C)CC3)c(Cl)c(-c3ccccc3F)nc12. The molecule has 0 saturated carbocycles. The van der Waals surface area contributed by atoms with Crippen LogP contribution in [0.4, 0.5) is 14.9 Å². The molecule has 190 valence electrons. The minimum absolute atomic E-state index is 0.192. The summed E-state index contributed by atoms with van der Waals surface area (Å²) in [4.78, 5) is 37.9. The van der Waals surface area contributed by atoms with Crippen LogP contribution >= 0.6 is 11.6 Å². The minimum atomic E-state index is -0.597. The highest BCUT2D eigenvalue weighted by molar-refractivity contribution is 6.37. The Balaban J connectivity index is 1.84. The third kappa shape index (κ3) is 4.93. The number of carbonyl (C=O) groups is 2. The Morgan fingerprint density at radius 2 is 1.78 bits per heavy atom. The molecule has 4 rings (SSSR count). The molecule has 8 nitrogen and oxygen atoms in total. The number of anilines is 1. The smallest absolute Gasteiger partial charge is 0.410 e. The molecule has 3 aromatic rings. The third-order valence-electron chi connectivity index (χ3n) is 5.90. The maximum absolute atomic E-state index is 14.8. The number of pyridine rings is 2. The molecule has 0 aliphatic carbocycles. The van der Waals surface area contributed by atoms with Crippen molar-refractivity contribution in [1.29, 1.82) is 0 Å². The maximum atomic E-state index is 14.8. The molecule has 1 aliphatic heterocycles. The number of benzene rings is 1. The van der Waals surface area contributed by atoms with E-state index in [1.54, 1.807) is 36.2 Å². The van der Waals surface area contributed by atoms with Gasteiger partial charge in [-0.05, 0) is 39.8 Å². The number of hydrogen-bond donors (Lipinski definition) is 0. The van der Waals surface area contributed by atoms with Crippen molar-refractivity contribution >= 4 is 40.3 Å². The van der Waals surface area contributed by atoms with E-state index in [0.29, 0.717) is 48.5 Å². The first kappa shape index (κ1) is 25.6. The molecule has 10 heteroatoms. The standard InChI is InChI=1S/C26H28ClFN4O4/c1-15-19(24(33)35-5)21-17(14-29-15)23(20(27)22(30-21)16-8-6-7-9-18(16)28)31-10-12-32(13-11-31)25(34)36-26(2,3)4/h6-9,14H,10-13H2,1-5H3. The second-order valence-corrected chi connectivity index (χ2v) is 9.91. The summed E-state index contributed by atoms with van der Waals surface area (Å²) in [7, 11) is 1.28. The Kier molecular flexibility index (Phi) is 7.04. The van der Waals surface area contributed by atoms with Gasteiger partial charge in [0.15, 0.2) is 0 Å². The number of nitrogens with zero attached hydrogens (tertiary/aromatic N) is 4. The van der Waals surface area contributed by atoms with E-state index in [2.05, 4.69) is 9.97 Å². The van der Waals surface area contributed by atoms with Crippen molar-refractivity contribution in [2.75, 3.05) is 38.2 Å². The summed E-state index contributed by atoms with van der Waals surface area (Å²) in [5, 5.41) is 0.775. The number of fused-ring (bicyclic) bond motifs is 1. The Morgan fingerprint density at radius 3 is 2.39 bits per heavy atom. The van der Waals surface area contributed by atoms with E-state index in [-0.39, 0.29) is 27.9 Å². The summed E-state index contributed by atoms with van der Waals surface area (Å²) >= 11 is 6.90. The van der Waals surface area contributed by atoms with Gasteiger partial charge < -0.3 is 19.3 Å². The fourth-order valence-corrected chi connectivity index (χ4v) is 4.57. The number of rotatable bonds is 3. The zero-order valence-electron chi connectivity index (χ0n) is 20.9. The fraction of sp³-hybridized carbons (Fsp3) is 0.385. The summed E-state index contributed by atoms with van der Waals surface area (Å²) in [6.07, 6.45) is 1.22. The number of ether oxygens (including phenoxy) is 2. The monoisotopic (exact) mass is 514 g/mol. The van der Waals surface area contributed by atoms with Gasteiger partial charge in [-0.15, -0.1) is 0 Å².